The molecule has 0 unspecified atom stereocenters. The largest absolute Gasteiger partial charge is 0.492 e. The number of thiocarbonyl (C=S) groups is 1. The van der Waals surface area contributed by atoms with Crippen LogP contribution >= 0.6 is 12.2 Å². The Bertz CT molecular complexity index is 456. The molecule has 0 aromatic heterocycles. The van der Waals surface area contributed by atoms with E-state index in [1.165, 1.54) is 25.7 Å². The molecular weight excluding hydrogens is 280 g/mol. The third-order valence-corrected chi connectivity index (χ3v) is 4.39. The van der Waals surface area contributed by atoms with Crippen molar-refractivity contribution in [1.82, 2.24) is 4.90 Å². The molecule has 116 valence electrons. The van der Waals surface area contributed by atoms with Gasteiger partial charge in [0.2, 0.25) is 0 Å². The summed E-state index contributed by atoms with van der Waals surface area (Å²) in [5.74, 6) is 1.74. The second kappa shape index (κ2) is 8.23. The van der Waals surface area contributed by atoms with E-state index in [9.17, 15) is 0 Å². The zero-order valence-corrected chi connectivity index (χ0v) is 13.9. The van der Waals surface area contributed by atoms with Crippen molar-refractivity contribution < 1.29 is 4.74 Å². The van der Waals surface area contributed by atoms with E-state index in [1.807, 2.05) is 31.2 Å². The Kier molecular flexibility index (Phi) is 6.30. The van der Waals surface area contributed by atoms with Crippen LogP contribution < -0.4 is 10.1 Å². The number of hydrogen-bond donors (Lipinski definition) is 1. The summed E-state index contributed by atoms with van der Waals surface area (Å²) in [6.45, 7) is 7.05. The number of nitrogens with zero attached hydrogens (tertiary/aromatic N) is 1. The van der Waals surface area contributed by atoms with Gasteiger partial charge in [0.1, 0.15) is 5.75 Å². The Hall–Kier alpha value is -1.29. The van der Waals surface area contributed by atoms with E-state index in [0.717, 1.165) is 35.6 Å². The molecule has 1 aromatic carbocycles. The highest BCUT2D eigenvalue weighted by Crippen LogP contribution is 2.26. The van der Waals surface area contributed by atoms with Crippen LogP contribution in [0.2, 0.25) is 0 Å². The summed E-state index contributed by atoms with van der Waals surface area (Å²) < 4.78 is 5.63. The van der Waals surface area contributed by atoms with Crippen LogP contribution in [-0.2, 0) is 0 Å². The fraction of sp³-hybridized carbons (Fsp3) is 0.588. The highest BCUT2D eigenvalue weighted by molar-refractivity contribution is 7.80. The molecular formula is C17H26N2OS. The van der Waals surface area contributed by atoms with Crippen molar-refractivity contribution in [2.45, 2.75) is 39.5 Å². The lowest BCUT2D eigenvalue weighted by Gasteiger charge is -2.34. The minimum Gasteiger partial charge on any atom is -0.492 e. The Morgan fingerprint density at radius 3 is 2.67 bits per heavy atom. The first-order valence-electron chi connectivity index (χ1n) is 8.02. The topological polar surface area (TPSA) is 24.5 Å². The number of hydrogen-bond acceptors (Lipinski definition) is 2. The molecule has 1 aromatic rings. The van der Waals surface area contributed by atoms with Gasteiger partial charge in [0, 0.05) is 13.1 Å². The molecule has 21 heavy (non-hydrogen) atoms. The van der Waals surface area contributed by atoms with Gasteiger partial charge in [-0.3, -0.25) is 0 Å². The standard InChI is InChI=1S/C17H26N2OS/c1-3-7-14-10-12-19(13-11-14)17(21)18-15-8-5-6-9-16(15)20-4-2/h5-6,8-9,14H,3-4,7,10-13H2,1-2H3,(H,18,21). The van der Waals surface area contributed by atoms with Crippen molar-refractivity contribution in [1.29, 1.82) is 0 Å². The Morgan fingerprint density at radius 2 is 2.00 bits per heavy atom. The lowest BCUT2D eigenvalue weighted by Crippen LogP contribution is -2.40. The van der Waals surface area contributed by atoms with Gasteiger partial charge in [-0.15, -0.1) is 0 Å². The van der Waals surface area contributed by atoms with Gasteiger partial charge in [0.05, 0.1) is 12.3 Å². The van der Waals surface area contributed by atoms with Gasteiger partial charge in [-0.1, -0.05) is 31.9 Å². The second-order valence-corrected chi connectivity index (χ2v) is 5.97. The molecule has 1 saturated heterocycles. The lowest BCUT2D eigenvalue weighted by atomic mass is 9.93. The number of nitrogens with one attached hydrogen (secondary N) is 1. The number of likely N-dealkylation sites (tertiary alicyclic amines) is 1. The van der Waals surface area contributed by atoms with Gasteiger partial charge in [-0.25, -0.2) is 0 Å². The van der Waals surface area contributed by atoms with Crippen molar-refractivity contribution in [2.24, 2.45) is 5.92 Å². The fourth-order valence-electron chi connectivity index (χ4n) is 2.88. The first-order valence-corrected chi connectivity index (χ1v) is 8.43. The number of benzene rings is 1. The zero-order valence-electron chi connectivity index (χ0n) is 13.1. The van der Waals surface area contributed by atoms with Crippen molar-refractivity contribution in [2.75, 3.05) is 25.0 Å². The summed E-state index contributed by atoms with van der Waals surface area (Å²) in [5, 5.41) is 4.16. The summed E-state index contributed by atoms with van der Waals surface area (Å²) in [5.41, 5.74) is 0.958. The van der Waals surface area contributed by atoms with Gasteiger partial charge in [0.15, 0.2) is 5.11 Å². The maximum absolute atomic E-state index is 5.63. The number of anilines is 1. The number of ether oxygens (including phenoxy) is 1. The molecule has 0 atom stereocenters. The molecule has 0 radical (unpaired) electrons. The fourth-order valence-corrected chi connectivity index (χ4v) is 3.17. The van der Waals surface area contributed by atoms with Crippen LogP contribution in [0.5, 0.6) is 5.75 Å². The predicted molar refractivity (Wildman–Crippen MR) is 93.0 cm³/mol. The summed E-state index contributed by atoms with van der Waals surface area (Å²) >= 11 is 5.56. The average Bonchev–Trinajstić information content (AvgIpc) is 2.50. The zero-order chi connectivity index (χ0) is 15.1. The van der Waals surface area contributed by atoms with Crippen molar-refractivity contribution in [3.8, 4) is 5.75 Å². The van der Waals surface area contributed by atoms with Crippen LogP contribution in [0.3, 0.4) is 0 Å². The van der Waals surface area contributed by atoms with Crippen LogP contribution in [0, 0.1) is 5.92 Å². The Balaban J connectivity index is 1.90. The van der Waals surface area contributed by atoms with E-state index in [2.05, 4.69) is 17.1 Å². The van der Waals surface area contributed by atoms with E-state index in [-0.39, 0.29) is 0 Å². The third kappa shape index (κ3) is 4.60. The van der Waals surface area contributed by atoms with Crippen LogP contribution in [-0.4, -0.2) is 29.7 Å². The molecule has 0 spiro atoms. The molecule has 1 aliphatic rings. The minimum absolute atomic E-state index is 0.661. The molecule has 0 saturated carbocycles. The first-order chi connectivity index (χ1) is 10.2. The molecule has 1 N–H and O–H groups in total. The third-order valence-electron chi connectivity index (χ3n) is 4.03. The molecule has 3 nitrogen and oxygen atoms in total. The number of rotatable bonds is 5. The molecule has 4 heteroatoms. The maximum atomic E-state index is 5.63. The predicted octanol–water partition coefficient (Wildman–Crippen LogP) is 4.29. The van der Waals surface area contributed by atoms with Crippen LogP contribution in [0.4, 0.5) is 5.69 Å². The van der Waals surface area contributed by atoms with Gasteiger partial charge >= 0.3 is 0 Å². The van der Waals surface area contributed by atoms with E-state index in [0.29, 0.717) is 6.61 Å². The van der Waals surface area contributed by atoms with Crippen LogP contribution in [0.25, 0.3) is 0 Å². The maximum Gasteiger partial charge on any atom is 0.173 e. The van der Waals surface area contributed by atoms with E-state index in [4.69, 9.17) is 17.0 Å². The second-order valence-electron chi connectivity index (χ2n) is 5.58. The van der Waals surface area contributed by atoms with Crippen molar-refractivity contribution in [3.05, 3.63) is 24.3 Å². The minimum atomic E-state index is 0.661. The molecule has 0 aliphatic carbocycles. The van der Waals surface area contributed by atoms with Gasteiger partial charge in [0.25, 0.3) is 0 Å². The van der Waals surface area contributed by atoms with Gasteiger partial charge in [-0.05, 0) is 50.0 Å². The van der Waals surface area contributed by atoms with E-state index < -0.39 is 0 Å². The molecule has 0 bridgehead atoms. The number of piperidine rings is 1. The smallest absolute Gasteiger partial charge is 0.173 e. The highest BCUT2D eigenvalue weighted by Gasteiger charge is 2.20. The lowest BCUT2D eigenvalue weighted by molar-refractivity contribution is 0.257. The average molecular weight is 306 g/mol. The normalized spacial score (nSPS) is 15.8. The molecule has 2 rings (SSSR count). The molecule has 1 fully saturated rings. The Labute approximate surface area is 133 Å². The van der Waals surface area contributed by atoms with Crippen LogP contribution in [0.15, 0.2) is 24.3 Å². The summed E-state index contributed by atoms with van der Waals surface area (Å²) in [4.78, 5) is 2.28. The molecule has 0 amide bonds. The SMILES string of the molecule is CCCC1CCN(C(=S)Nc2ccccc2OCC)CC1. The Morgan fingerprint density at radius 1 is 1.29 bits per heavy atom. The van der Waals surface area contributed by atoms with Crippen molar-refractivity contribution >= 4 is 23.0 Å². The molecule has 1 heterocycles. The summed E-state index contributed by atoms with van der Waals surface area (Å²) in [7, 11) is 0. The monoisotopic (exact) mass is 306 g/mol. The summed E-state index contributed by atoms with van der Waals surface area (Å²) in [6.07, 6.45) is 5.14. The first kappa shape index (κ1) is 16.1. The highest BCUT2D eigenvalue weighted by atomic mass is 32.1. The van der Waals surface area contributed by atoms with Crippen LogP contribution in [0.1, 0.15) is 39.5 Å². The number of para-hydroxylation sites is 2. The molecule has 1 aliphatic heterocycles. The quantitative estimate of drug-likeness (QED) is 0.820. The van der Waals surface area contributed by atoms with Gasteiger partial charge in [-0.2, -0.15) is 0 Å². The van der Waals surface area contributed by atoms with E-state index >= 15 is 0 Å². The van der Waals surface area contributed by atoms with Gasteiger partial charge < -0.3 is 15.0 Å². The van der Waals surface area contributed by atoms with E-state index in [1.54, 1.807) is 0 Å². The van der Waals surface area contributed by atoms with Crippen molar-refractivity contribution in [3.63, 3.8) is 0 Å². The summed E-state index contributed by atoms with van der Waals surface area (Å²) in [6, 6.07) is 7.97.